The fourth-order valence-electron chi connectivity index (χ4n) is 2.44. The Bertz CT molecular complexity index is 314. The number of rotatable bonds is 4. The van der Waals surface area contributed by atoms with Gasteiger partial charge in [-0.05, 0) is 49.9 Å². The Hall–Kier alpha value is -1.02. The molecule has 0 aliphatic heterocycles. The van der Waals surface area contributed by atoms with Gasteiger partial charge in [0.1, 0.15) is 5.75 Å². The van der Waals surface area contributed by atoms with Crippen molar-refractivity contribution < 1.29 is 5.11 Å². The highest BCUT2D eigenvalue weighted by atomic mass is 16.3. The normalized spacial score (nSPS) is 18.8. The van der Waals surface area contributed by atoms with Gasteiger partial charge in [0, 0.05) is 6.04 Å². The average molecular weight is 219 g/mol. The lowest BCUT2D eigenvalue weighted by Gasteiger charge is -2.17. The van der Waals surface area contributed by atoms with Crippen molar-refractivity contribution in [3.63, 3.8) is 0 Å². The second-order valence-corrected chi connectivity index (χ2v) is 4.87. The summed E-state index contributed by atoms with van der Waals surface area (Å²) < 4.78 is 0. The molecule has 1 aliphatic rings. The van der Waals surface area contributed by atoms with E-state index in [0.29, 0.717) is 11.8 Å². The summed E-state index contributed by atoms with van der Waals surface area (Å²) in [6, 6.07) is 7.86. The highest BCUT2D eigenvalue weighted by Gasteiger charge is 2.15. The quantitative estimate of drug-likeness (QED) is 0.815. The Morgan fingerprint density at radius 2 is 1.88 bits per heavy atom. The van der Waals surface area contributed by atoms with Gasteiger partial charge in [-0.25, -0.2) is 0 Å². The number of hydrogen-bond donors (Lipinski definition) is 2. The van der Waals surface area contributed by atoms with Crippen LogP contribution in [0.1, 0.15) is 44.2 Å². The van der Waals surface area contributed by atoms with Crippen molar-refractivity contribution in [2.24, 2.45) is 5.92 Å². The van der Waals surface area contributed by atoms with Crippen molar-refractivity contribution >= 4 is 0 Å². The van der Waals surface area contributed by atoms with E-state index in [9.17, 15) is 5.11 Å². The van der Waals surface area contributed by atoms with E-state index in [1.807, 2.05) is 12.1 Å². The van der Waals surface area contributed by atoms with E-state index < -0.39 is 0 Å². The molecule has 1 aliphatic carbocycles. The molecule has 0 heterocycles. The van der Waals surface area contributed by atoms with Crippen LogP contribution in [0.3, 0.4) is 0 Å². The Balaban J connectivity index is 1.82. The monoisotopic (exact) mass is 219 g/mol. The number of benzene rings is 1. The second-order valence-electron chi connectivity index (χ2n) is 4.87. The zero-order valence-electron chi connectivity index (χ0n) is 9.95. The van der Waals surface area contributed by atoms with Crippen LogP contribution in [0.5, 0.6) is 5.75 Å². The molecule has 0 amide bonds. The van der Waals surface area contributed by atoms with Crippen molar-refractivity contribution in [3.05, 3.63) is 29.8 Å². The van der Waals surface area contributed by atoms with Gasteiger partial charge in [-0.3, -0.25) is 0 Å². The molecule has 2 rings (SSSR count). The van der Waals surface area contributed by atoms with Crippen LogP contribution >= 0.6 is 0 Å². The molecule has 88 valence electrons. The largest absolute Gasteiger partial charge is 0.508 e. The van der Waals surface area contributed by atoms with Gasteiger partial charge < -0.3 is 10.4 Å². The molecule has 1 aromatic rings. The van der Waals surface area contributed by atoms with Gasteiger partial charge in [0.25, 0.3) is 0 Å². The van der Waals surface area contributed by atoms with Crippen molar-refractivity contribution in [1.29, 1.82) is 0 Å². The first-order valence-corrected chi connectivity index (χ1v) is 6.28. The summed E-state index contributed by atoms with van der Waals surface area (Å²) in [5.74, 6) is 1.21. The van der Waals surface area contributed by atoms with Crippen LogP contribution in [0.4, 0.5) is 0 Å². The lowest BCUT2D eigenvalue weighted by Crippen LogP contribution is -2.24. The van der Waals surface area contributed by atoms with Crippen LogP contribution in [0.2, 0.25) is 0 Å². The highest BCUT2D eigenvalue weighted by Crippen LogP contribution is 2.25. The molecule has 1 unspecified atom stereocenters. The molecule has 1 saturated carbocycles. The van der Waals surface area contributed by atoms with Crippen LogP contribution in [0.15, 0.2) is 24.3 Å². The molecular formula is C14H21NO. The second kappa shape index (κ2) is 5.35. The van der Waals surface area contributed by atoms with E-state index in [0.717, 1.165) is 12.5 Å². The third kappa shape index (κ3) is 2.99. The minimum atomic E-state index is 0.340. The van der Waals surface area contributed by atoms with Gasteiger partial charge in [0.15, 0.2) is 0 Å². The number of hydrogen-bond acceptors (Lipinski definition) is 2. The van der Waals surface area contributed by atoms with Gasteiger partial charge in [-0.1, -0.05) is 25.0 Å². The SMILES string of the molecule is CC(NCC1CCCC1)c1ccc(O)cc1. The lowest BCUT2D eigenvalue weighted by atomic mass is 10.1. The molecule has 0 aromatic heterocycles. The van der Waals surface area contributed by atoms with E-state index in [1.54, 1.807) is 12.1 Å². The topological polar surface area (TPSA) is 32.3 Å². The molecule has 2 heteroatoms. The summed E-state index contributed by atoms with van der Waals surface area (Å²) in [5, 5.41) is 12.8. The summed E-state index contributed by atoms with van der Waals surface area (Å²) in [6.07, 6.45) is 5.57. The smallest absolute Gasteiger partial charge is 0.115 e. The van der Waals surface area contributed by atoms with Crippen molar-refractivity contribution in [2.45, 2.75) is 38.6 Å². The van der Waals surface area contributed by atoms with Crippen molar-refractivity contribution in [2.75, 3.05) is 6.54 Å². The van der Waals surface area contributed by atoms with Gasteiger partial charge in [0.05, 0.1) is 0 Å². The Morgan fingerprint density at radius 1 is 1.25 bits per heavy atom. The molecule has 0 radical (unpaired) electrons. The third-order valence-corrected chi connectivity index (χ3v) is 3.58. The Morgan fingerprint density at radius 3 is 2.50 bits per heavy atom. The Kier molecular flexibility index (Phi) is 3.83. The van der Waals surface area contributed by atoms with Crippen LogP contribution in [-0.2, 0) is 0 Å². The van der Waals surface area contributed by atoms with E-state index in [4.69, 9.17) is 0 Å². The van der Waals surface area contributed by atoms with Crippen LogP contribution in [-0.4, -0.2) is 11.7 Å². The number of phenolic OH excluding ortho intramolecular Hbond substituents is 1. The molecule has 0 spiro atoms. The molecule has 0 saturated heterocycles. The molecule has 16 heavy (non-hydrogen) atoms. The van der Waals surface area contributed by atoms with E-state index in [1.165, 1.54) is 31.2 Å². The predicted octanol–water partition coefficient (Wildman–Crippen LogP) is 3.23. The van der Waals surface area contributed by atoms with Crippen LogP contribution in [0, 0.1) is 5.92 Å². The van der Waals surface area contributed by atoms with Crippen LogP contribution in [0.25, 0.3) is 0 Å². The first kappa shape index (κ1) is 11.5. The average Bonchev–Trinajstić information content (AvgIpc) is 2.80. The zero-order valence-corrected chi connectivity index (χ0v) is 9.95. The van der Waals surface area contributed by atoms with Crippen LogP contribution < -0.4 is 5.32 Å². The summed E-state index contributed by atoms with van der Waals surface area (Å²) in [5.41, 5.74) is 1.25. The van der Waals surface area contributed by atoms with Gasteiger partial charge >= 0.3 is 0 Å². The van der Waals surface area contributed by atoms with E-state index in [-0.39, 0.29) is 0 Å². The van der Waals surface area contributed by atoms with Crippen molar-refractivity contribution in [3.8, 4) is 5.75 Å². The van der Waals surface area contributed by atoms with E-state index in [2.05, 4.69) is 12.2 Å². The number of phenols is 1. The van der Waals surface area contributed by atoms with Gasteiger partial charge in [0.2, 0.25) is 0 Å². The summed E-state index contributed by atoms with van der Waals surface area (Å²) in [6.45, 7) is 3.31. The van der Waals surface area contributed by atoms with Gasteiger partial charge in [-0.2, -0.15) is 0 Å². The molecule has 1 fully saturated rings. The summed E-state index contributed by atoms with van der Waals surface area (Å²) in [4.78, 5) is 0. The standard InChI is InChI=1S/C14H21NO/c1-11(13-6-8-14(16)9-7-13)15-10-12-4-2-3-5-12/h6-9,11-12,15-16H,2-5,10H2,1H3. The minimum absolute atomic E-state index is 0.340. The van der Waals surface area contributed by atoms with E-state index >= 15 is 0 Å². The number of aromatic hydroxyl groups is 1. The third-order valence-electron chi connectivity index (χ3n) is 3.58. The maximum Gasteiger partial charge on any atom is 0.115 e. The van der Waals surface area contributed by atoms with Crippen molar-refractivity contribution in [1.82, 2.24) is 5.32 Å². The minimum Gasteiger partial charge on any atom is -0.508 e. The fourth-order valence-corrected chi connectivity index (χ4v) is 2.44. The zero-order chi connectivity index (χ0) is 11.4. The predicted molar refractivity (Wildman–Crippen MR) is 66.5 cm³/mol. The Labute approximate surface area is 97.7 Å². The first-order chi connectivity index (χ1) is 7.75. The summed E-state index contributed by atoms with van der Waals surface area (Å²) in [7, 11) is 0. The molecule has 1 aromatic carbocycles. The molecule has 2 nitrogen and oxygen atoms in total. The lowest BCUT2D eigenvalue weighted by molar-refractivity contribution is 0.451. The molecule has 1 atom stereocenters. The maximum atomic E-state index is 9.22. The maximum absolute atomic E-state index is 9.22. The molecular weight excluding hydrogens is 198 g/mol. The highest BCUT2D eigenvalue weighted by molar-refractivity contribution is 5.27. The first-order valence-electron chi connectivity index (χ1n) is 6.28. The number of nitrogens with one attached hydrogen (secondary N) is 1. The molecule has 2 N–H and O–H groups in total. The fraction of sp³-hybridized carbons (Fsp3) is 0.571. The van der Waals surface area contributed by atoms with Gasteiger partial charge in [-0.15, -0.1) is 0 Å². The molecule has 0 bridgehead atoms. The summed E-state index contributed by atoms with van der Waals surface area (Å²) >= 11 is 0.